The minimum atomic E-state index is -0.773. The number of methoxy groups -OCH3 is 1. The smallest absolute Gasteiger partial charge is 0.342 e. The first-order chi connectivity index (χ1) is 12.0. The maximum atomic E-state index is 12.5. The van der Waals surface area contributed by atoms with Crippen LogP contribution in [0, 0.1) is 0 Å². The zero-order chi connectivity index (χ0) is 18.0. The van der Waals surface area contributed by atoms with E-state index in [2.05, 4.69) is 0 Å². The molecular weight excluding hydrogens is 322 g/mol. The summed E-state index contributed by atoms with van der Waals surface area (Å²) in [4.78, 5) is 26.3. The van der Waals surface area contributed by atoms with Gasteiger partial charge in [0.25, 0.3) is 5.91 Å². The number of carbonyl (C=O) groups is 2. The lowest BCUT2D eigenvalue weighted by molar-refractivity contribution is -0.122. The number of rotatable bonds is 4. The molecule has 0 aliphatic carbocycles. The second-order valence-electron chi connectivity index (χ2n) is 5.90. The van der Waals surface area contributed by atoms with E-state index >= 15 is 0 Å². The topological polar surface area (TPSA) is 76.1 Å². The average molecular weight is 341 g/mol. The lowest BCUT2D eigenvalue weighted by atomic mass is 10.1. The summed E-state index contributed by atoms with van der Waals surface area (Å²) >= 11 is 0. The molecule has 0 spiro atoms. The Hall–Kier alpha value is -3.02. The van der Waals surface area contributed by atoms with Gasteiger partial charge in [0.15, 0.2) is 6.61 Å². The highest BCUT2D eigenvalue weighted by atomic mass is 16.5. The van der Waals surface area contributed by atoms with Gasteiger partial charge in [-0.15, -0.1) is 0 Å². The average Bonchev–Trinajstić information content (AvgIpc) is 2.95. The van der Waals surface area contributed by atoms with Gasteiger partial charge in [0.05, 0.1) is 7.11 Å². The summed E-state index contributed by atoms with van der Waals surface area (Å²) in [5.41, 5.74) is 1.91. The summed E-state index contributed by atoms with van der Waals surface area (Å²) < 4.78 is 10.1. The van der Waals surface area contributed by atoms with E-state index in [1.807, 2.05) is 31.2 Å². The molecule has 3 rings (SSSR count). The van der Waals surface area contributed by atoms with E-state index in [-0.39, 0.29) is 23.3 Å². The number of nitrogens with zero attached hydrogens (tertiary/aromatic N) is 1. The van der Waals surface area contributed by atoms with Gasteiger partial charge in [0.1, 0.15) is 17.1 Å². The molecule has 0 saturated heterocycles. The van der Waals surface area contributed by atoms with Crippen molar-refractivity contribution in [3.8, 4) is 11.5 Å². The molecule has 0 aromatic heterocycles. The third kappa shape index (κ3) is 3.28. The van der Waals surface area contributed by atoms with Gasteiger partial charge in [-0.2, -0.15) is 0 Å². The predicted molar refractivity (Wildman–Crippen MR) is 92.0 cm³/mol. The largest absolute Gasteiger partial charge is 0.507 e. The molecule has 1 aliphatic heterocycles. The van der Waals surface area contributed by atoms with E-state index in [9.17, 15) is 14.7 Å². The molecule has 0 bridgehead atoms. The van der Waals surface area contributed by atoms with Crippen molar-refractivity contribution >= 4 is 17.6 Å². The number of para-hydroxylation sites is 1. The molecule has 1 N–H and O–H groups in total. The van der Waals surface area contributed by atoms with Crippen molar-refractivity contribution in [2.45, 2.75) is 19.4 Å². The van der Waals surface area contributed by atoms with Crippen LogP contribution in [-0.2, 0) is 16.0 Å². The van der Waals surface area contributed by atoms with E-state index in [1.54, 1.807) is 4.90 Å². The van der Waals surface area contributed by atoms with Gasteiger partial charge in [-0.3, -0.25) is 4.79 Å². The van der Waals surface area contributed by atoms with Crippen LogP contribution in [0.3, 0.4) is 0 Å². The maximum absolute atomic E-state index is 12.5. The Labute approximate surface area is 145 Å². The number of esters is 1. The molecule has 6 heteroatoms. The fourth-order valence-corrected chi connectivity index (χ4v) is 3.03. The highest BCUT2D eigenvalue weighted by molar-refractivity contribution is 5.99. The van der Waals surface area contributed by atoms with Crippen molar-refractivity contribution in [1.29, 1.82) is 0 Å². The van der Waals surface area contributed by atoms with Gasteiger partial charge in [0.2, 0.25) is 0 Å². The number of hydrogen-bond acceptors (Lipinski definition) is 5. The Morgan fingerprint density at radius 2 is 2.00 bits per heavy atom. The minimum absolute atomic E-state index is 0.00817. The molecule has 2 aromatic carbocycles. The molecule has 25 heavy (non-hydrogen) atoms. The number of fused-ring (bicyclic) bond motifs is 1. The standard InChI is InChI=1S/C19H19NO5/c1-12-9-13-5-3-4-6-16(13)20(12)18(22)11-25-19(23)15-10-14(24-2)7-8-17(15)21/h3-8,10,12,21H,9,11H2,1-2H3/t12-/m0/s1. The van der Waals surface area contributed by atoms with Crippen LogP contribution < -0.4 is 9.64 Å². The third-order valence-corrected chi connectivity index (χ3v) is 4.23. The molecule has 1 aliphatic rings. The number of ether oxygens (including phenoxy) is 2. The number of aromatic hydroxyl groups is 1. The Balaban J connectivity index is 1.70. The first-order valence-corrected chi connectivity index (χ1v) is 7.95. The van der Waals surface area contributed by atoms with E-state index in [1.165, 1.54) is 25.3 Å². The number of amides is 1. The fourth-order valence-electron chi connectivity index (χ4n) is 3.03. The van der Waals surface area contributed by atoms with E-state index in [4.69, 9.17) is 9.47 Å². The molecular formula is C19H19NO5. The van der Waals surface area contributed by atoms with Gasteiger partial charge < -0.3 is 19.5 Å². The third-order valence-electron chi connectivity index (χ3n) is 4.23. The van der Waals surface area contributed by atoms with Gasteiger partial charge in [-0.05, 0) is 43.2 Å². The second kappa shape index (κ2) is 6.84. The Kier molecular flexibility index (Phi) is 4.61. The molecule has 0 fully saturated rings. The number of anilines is 1. The van der Waals surface area contributed by atoms with Crippen LogP contribution in [0.1, 0.15) is 22.8 Å². The fraction of sp³-hybridized carbons (Fsp3) is 0.263. The Morgan fingerprint density at radius 3 is 2.76 bits per heavy atom. The van der Waals surface area contributed by atoms with Crippen LogP contribution in [0.2, 0.25) is 0 Å². The SMILES string of the molecule is COc1ccc(O)c(C(=O)OCC(=O)N2c3ccccc3C[C@@H]2C)c1. The second-order valence-corrected chi connectivity index (χ2v) is 5.90. The highest BCUT2D eigenvalue weighted by Crippen LogP contribution is 2.32. The van der Waals surface area contributed by atoms with Crippen molar-refractivity contribution in [1.82, 2.24) is 0 Å². The van der Waals surface area contributed by atoms with Gasteiger partial charge in [0, 0.05) is 11.7 Å². The summed E-state index contributed by atoms with van der Waals surface area (Å²) in [7, 11) is 1.46. The monoisotopic (exact) mass is 341 g/mol. The van der Waals surface area contributed by atoms with Crippen molar-refractivity contribution in [2.24, 2.45) is 0 Å². The van der Waals surface area contributed by atoms with Crippen molar-refractivity contribution in [2.75, 3.05) is 18.6 Å². The maximum Gasteiger partial charge on any atom is 0.342 e. The van der Waals surface area contributed by atoms with E-state index < -0.39 is 12.6 Å². The van der Waals surface area contributed by atoms with E-state index in [0.717, 1.165) is 17.7 Å². The van der Waals surface area contributed by atoms with Crippen LogP contribution >= 0.6 is 0 Å². The van der Waals surface area contributed by atoms with Crippen molar-refractivity contribution in [3.63, 3.8) is 0 Å². The molecule has 0 saturated carbocycles. The molecule has 0 unspecified atom stereocenters. The molecule has 1 amide bonds. The molecule has 0 radical (unpaired) electrons. The summed E-state index contributed by atoms with van der Waals surface area (Å²) in [6, 6.07) is 11.9. The normalized spacial score (nSPS) is 15.6. The number of benzene rings is 2. The molecule has 6 nitrogen and oxygen atoms in total. The minimum Gasteiger partial charge on any atom is -0.507 e. The van der Waals surface area contributed by atoms with Gasteiger partial charge in [-0.25, -0.2) is 4.79 Å². The lowest BCUT2D eigenvalue weighted by Crippen LogP contribution is -2.38. The summed E-state index contributed by atoms with van der Waals surface area (Å²) in [6.45, 7) is 1.56. The Morgan fingerprint density at radius 1 is 1.24 bits per heavy atom. The lowest BCUT2D eigenvalue weighted by Gasteiger charge is -2.22. The number of carbonyl (C=O) groups excluding carboxylic acids is 2. The summed E-state index contributed by atoms with van der Waals surface area (Å²) in [5.74, 6) is -0.880. The van der Waals surface area contributed by atoms with Crippen molar-refractivity contribution < 1.29 is 24.2 Å². The van der Waals surface area contributed by atoms with Gasteiger partial charge >= 0.3 is 5.97 Å². The van der Waals surface area contributed by atoms with Crippen molar-refractivity contribution in [3.05, 3.63) is 53.6 Å². The predicted octanol–water partition coefficient (Wildman–Crippen LogP) is 2.54. The van der Waals surface area contributed by atoms with Gasteiger partial charge in [-0.1, -0.05) is 18.2 Å². The van der Waals surface area contributed by atoms with Crippen LogP contribution in [0.25, 0.3) is 0 Å². The molecule has 1 heterocycles. The highest BCUT2D eigenvalue weighted by Gasteiger charge is 2.31. The molecule has 2 aromatic rings. The molecule has 1 atom stereocenters. The zero-order valence-corrected chi connectivity index (χ0v) is 14.1. The number of hydrogen-bond donors (Lipinski definition) is 1. The summed E-state index contributed by atoms with van der Waals surface area (Å²) in [5, 5.41) is 9.80. The molecule has 130 valence electrons. The van der Waals surface area contributed by atoms with E-state index in [0.29, 0.717) is 5.75 Å². The zero-order valence-electron chi connectivity index (χ0n) is 14.1. The number of phenols is 1. The quantitative estimate of drug-likeness (QED) is 0.865. The summed E-state index contributed by atoms with van der Waals surface area (Å²) in [6.07, 6.45) is 0.770. The first kappa shape index (κ1) is 16.8. The van der Waals surface area contributed by atoms with Crippen LogP contribution in [0.4, 0.5) is 5.69 Å². The number of phenolic OH excluding ortho intramolecular Hbond substituents is 1. The van der Waals surface area contributed by atoms with Crippen LogP contribution in [0.15, 0.2) is 42.5 Å². The van der Waals surface area contributed by atoms with Crippen LogP contribution in [-0.4, -0.2) is 36.7 Å². The first-order valence-electron chi connectivity index (χ1n) is 7.95. The Bertz CT molecular complexity index is 817. The van der Waals surface area contributed by atoms with Crippen LogP contribution in [0.5, 0.6) is 11.5 Å².